The van der Waals surface area contributed by atoms with Gasteiger partial charge in [-0.2, -0.15) is 0 Å². The molecule has 1 fully saturated rings. The van der Waals surface area contributed by atoms with Gasteiger partial charge in [-0.3, -0.25) is 4.79 Å². The van der Waals surface area contributed by atoms with E-state index in [0.29, 0.717) is 17.6 Å². The molecule has 1 aliphatic rings. The molecule has 1 heterocycles. The molecule has 0 saturated heterocycles. The van der Waals surface area contributed by atoms with Gasteiger partial charge in [-0.15, -0.1) is 10.2 Å². The molecule has 0 bridgehead atoms. The Balaban J connectivity index is 1.41. The summed E-state index contributed by atoms with van der Waals surface area (Å²) in [5.74, 6) is 2.31. The van der Waals surface area contributed by atoms with Gasteiger partial charge in [-0.1, -0.05) is 74.1 Å². The fraction of sp³-hybridized carbons (Fsp3) is 0.400. The molecule has 4 rings (SSSR count). The summed E-state index contributed by atoms with van der Waals surface area (Å²) in [6.07, 6.45) is 2.91. The molecule has 1 amide bonds. The van der Waals surface area contributed by atoms with E-state index in [1.807, 2.05) is 0 Å². The number of para-hydroxylation sites is 1. The van der Waals surface area contributed by atoms with Crippen LogP contribution in [-0.2, 0) is 24.2 Å². The second-order valence-corrected chi connectivity index (χ2v) is 8.88. The maximum atomic E-state index is 12.7. The van der Waals surface area contributed by atoms with Crippen LogP contribution in [0.3, 0.4) is 0 Å². The first-order chi connectivity index (χ1) is 15.2. The van der Waals surface area contributed by atoms with Gasteiger partial charge in [0.25, 0.3) is 0 Å². The van der Waals surface area contributed by atoms with Crippen LogP contribution in [0.4, 0.5) is 5.69 Å². The number of rotatable bonds is 9. The number of aryl methyl sites for hydroxylation is 2. The van der Waals surface area contributed by atoms with E-state index < -0.39 is 0 Å². The van der Waals surface area contributed by atoms with Crippen LogP contribution in [0.5, 0.6) is 0 Å². The van der Waals surface area contributed by atoms with Gasteiger partial charge >= 0.3 is 0 Å². The Morgan fingerprint density at radius 2 is 1.71 bits per heavy atom. The van der Waals surface area contributed by atoms with E-state index in [0.717, 1.165) is 42.5 Å². The highest BCUT2D eigenvalue weighted by Gasteiger charge is 2.43. The van der Waals surface area contributed by atoms with Gasteiger partial charge in [0.05, 0.1) is 5.75 Å². The van der Waals surface area contributed by atoms with Crippen molar-refractivity contribution in [2.24, 2.45) is 0 Å². The highest BCUT2D eigenvalue weighted by molar-refractivity contribution is 7.99. The van der Waals surface area contributed by atoms with Crippen LogP contribution < -0.4 is 5.32 Å². The van der Waals surface area contributed by atoms with Crippen LogP contribution in [-0.4, -0.2) is 26.4 Å². The van der Waals surface area contributed by atoms with Crippen molar-refractivity contribution in [3.63, 3.8) is 0 Å². The van der Waals surface area contributed by atoms with E-state index in [9.17, 15) is 4.79 Å². The lowest BCUT2D eigenvalue weighted by Gasteiger charge is -2.14. The van der Waals surface area contributed by atoms with Crippen molar-refractivity contribution in [2.45, 2.75) is 63.6 Å². The van der Waals surface area contributed by atoms with Gasteiger partial charge < -0.3 is 9.88 Å². The molecule has 162 valence electrons. The van der Waals surface area contributed by atoms with E-state index in [2.05, 4.69) is 89.4 Å². The maximum Gasteiger partial charge on any atom is 0.234 e. The quantitative estimate of drug-likeness (QED) is 0.457. The Kier molecular flexibility index (Phi) is 6.76. The predicted molar refractivity (Wildman–Crippen MR) is 127 cm³/mol. The van der Waals surface area contributed by atoms with Gasteiger partial charge in [0, 0.05) is 18.2 Å². The second-order valence-electron chi connectivity index (χ2n) is 7.94. The maximum absolute atomic E-state index is 12.7. The van der Waals surface area contributed by atoms with Crippen molar-refractivity contribution in [3.05, 3.63) is 71.0 Å². The van der Waals surface area contributed by atoms with Crippen LogP contribution in [0.2, 0.25) is 0 Å². The molecular formula is C25H30N4OS. The van der Waals surface area contributed by atoms with Gasteiger partial charge in [-0.25, -0.2) is 0 Å². The topological polar surface area (TPSA) is 59.8 Å². The summed E-state index contributed by atoms with van der Waals surface area (Å²) in [7, 11) is 0. The molecule has 2 atom stereocenters. The van der Waals surface area contributed by atoms with E-state index in [1.165, 1.54) is 28.5 Å². The van der Waals surface area contributed by atoms with Gasteiger partial charge in [0.2, 0.25) is 5.91 Å². The monoisotopic (exact) mass is 434 g/mol. The first kappa shape index (κ1) is 21.6. The number of nitrogens with one attached hydrogen (secondary N) is 1. The Hall–Kier alpha value is -2.60. The van der Waals surface area contributed by atoms with Crippen LogP contribution in [0, 0.1) is 0 Å². The van der Waals surface area contributed by atoms with Crippen molar-refractivity contribution >= 4 is 23.4 Å². The molecule has 1 N–H and O–H groups in total. The van der Waals surface area contributed by atoms with Crippen molar-refractivity contribution in [1.29, 1.82) is 0 Å². The lowest BCUT2D eigenvalue weighted by molar-refractivity contribution is -0.113. The molecule has 6 heteroatoms. The van der Waals surface area contributed by atoms with Crippen LogP contribution in [0.15, 0.2) is 53.7 Å². The molecule has 0 radical (unpaired) electrons. The Bertz CT molecular complexity index is 1020. The smallest absolute Gasteiger partial charge is 0.234 e. The summed E-state index contributed by atoms with van der Waals surface area (Å²) in [5.41, 5.74) is 4.70. The summed E-state index contributed by atoms with van der Waals surface area (Å²) in [6, 6.07) is 16.9. The molecular weight excluding hydrogens is 404 g/mol. The Morgan fingerprint density at radius 3 is 2.35 bits per heavy atom. The third-order valence-electron chi connectivity index (χ3n) is 6.01. The van der Waals surface area contributed by atoms with E-state index in [-0.39, 0.29) is 5.91 Å². The van der Waals surface area contributed by atoms with Crippen LogP contribution >= 0.6 is 11.8 Å². The molecule has 0 aliphatic heterocycles. The number of hydrogen-bond acceptors (Lipinski definition) is 4. The molecule has 1 aliphatic carbocycles. The number of thioether (sulfide) groups is 1. The van der Waals surface area contributed by atoms with Crippen molar-refractivity contribution in [3.8, 4) is 0 Å². The standard InChI is InChI=1S/C25H30N4OS/c1-4-17-13-10-14-18(5-2)23(17)26-22(30)16-31-25-28-27-24(29(25)6-3)21-15-20(21)19-11-8-7-9-12-19/h7-14,20-21H,4-6,15-16H2,1-3H3,(H,26,30). The normalized spacial score (nSPS) is 17.5. The minimum atomic E-state index is 0.00128. The van der Waals surface area contributed by atoms with Gasteiger partial charge in [0.15, 0.2) is 5.16 Å². The SMILES string of the molecule is CCc1cccc(CC)c1NC(=O)CSc1nnc(C2CC2c2ccccc2)n1CC. The largest absolute Gasteiger partial charge is 0.325 e. The molecule has 31 heavy (non-hydrogen) atoms. The van der Waals surface area contributed by atoms with Crippen molar-refractivity contribution in [2.75, 3.05) is 11.1 Å². The number of nitrogens with zero attached hydrogens (tertiary/aromatic N) is 3. The highest BCUT2D eigenvalue weighted by Crippen LogP contribution is 2.54. The van der Waals surface area contributed by atoms with Crippen LogP contribution in [0.1, 0.15) is 61.5 Å². The Morgan fingerprint density at radius 1 is 1.00 bits per heavy atom. The van der Waals surface area contributed by atoms with E-state index in [4.69, 9.17) is 0 Å². The summed E-state index contributed by atoms with van der Waals surface area (Å²) in [4.78, 5) is 12.7. The zero-order valence-corrected chi connectivity index (χ0v) is 19.3. The lowest BCUT2D eigenvalue weighted by Crippen LogP contribution is -2.17. The zero-order valence-electron chi connectivity index (χ0n) is 18.5. The first-order valence-electron chi connectivity index (χ1n) is 11.2. The summed E-state index contributed by atoms with van der Waals surface area (Å²) < 4.78 is 2.17. The average Bonchev–Trinajstić information content (AvgIpc) is 3.50. The van der Waals surface area contributed by atoms with E-state index in [1.54, 1.807) is 0 Å². The third kappa shape index (κ3) is 4.69. The van der Waals surface area contributed by atoms with Crippen LogP contribution in [0.25, 0.3) is 0 Å². The number of benzene rings is 2. The van der Waals surface area contributed by atoms with Gasteiger partial charge in [0.1, 0.15) is 5.82 Å². The molecule has 5 nitrogen and oxygen atoms in total. The number of anilines is 1. The Labute approximate surface area is 188 Å². The van der Waals surface area contributed by atoms with E-state index >= 15 is 0 Å². The average molecular weight is 435 g/mol. The molecule has 1 aromatic heterocycles. The summed E-state index contributed by atoms with van der Waals surface area (Å²) in [6.45, 7) is 7.15. The number of carbonyl (C=O) groups is 1. The molecule has 3 aromatic rings. The van der Waals surface area contributed by atoms with Gasteiger partial charge in [-0.05, 0) is 48.8 Å². The summed E-state index contributed by atoms with van der Waals surface area (Å²) in [5, 5.41) is 12.9. The van der Waals surface area contributed by atoms with Crippen molar-refractivity contribution in [1.82, 2.24) is 14.8 Å². The molecule has 2 unspecified atom stereocenters. The molecule has 0 spiro atoms. The highest BCUT2D eigenvalue weighted by atomic mass is 32.2. The predicted octanol–water partition coefficient (Wildman–Crippen LogP) is 5.42. The fourth-order valence-electron chi connectivity index (χ4n) is 4.24. The fourth-order valence-corrected chi connectivity index (χ4v) is 5.05. The molecule has 1 saturated carbocycles. The zero-order chi connectivity index (χ0) is 21.8. The van der Waals surface area contributed by atoms with Crippen molar-refractivity contribution < 1.29 is 4.79 Å². The minimum Gasteiger partial charge on any atom is -0.325 e. The molecule has 2 aromatic carbocycles. The summed E-state index contributed by atoms with van der Waals surface area (Å²) >= 11 is 1.47. The number of hydrogen-bond donors (Lipinski definition) is 1. The minimum absolute atomic E-state index is 0.00128. The number of aromatic nitrogens is 3. The third-order valence-corrected chi connectivity index (χ3v) is 6.97. The lowest BCUT2D eigenvalue weighted by atomic mass is 10.0. The number of carbonyl (C=O) groups excluding carboxylic acids is 1. The first-order valence-corrected chi connectivity index (χ1v) is 12.2. The number of amides is 1. The second kappa shape index (κ2) is 9.69.